The lowest BCUT2D eigenvalue weighted by Crippen LogP contribution is -2.21. The average Bonchev–Trinajstić information content (AvgIpc) is 2.99. The molecule has 0 unspecified atom stereocenters. The molecule has 11 nitrogen and oxygen atoms in total. The van der Waals surface area contributed by atoms with Crippen LogP contribution in [0.4, 0.5) is 0 Å². The number of rotatable bonds is 9. The molecular weight excluding hydrogens is 452 g/mol. The summed E-state index contributed by atoms with van der Waals surface area (Å²) in [6.45, 7) is 3.64. The lowest BCUT2D eigenvalue weighted by atomic mass is 10.1. The van der Waals surface area contributed by atoms with Crippen LogP contribution in [-0.4, -0.2) is 54.5 Å². The quantitative estimate of drug-likeness (QED) is 0.358. The highest BCUT2D eigenvalue weighted by molar-refractivity contribution is 8.14. The summed E-state index contributed by atoms with van der Waals surface area (Å²) in [6, 6.07) is 3.75. The Hall–Kier alpha value is -2.74. The van der Waals surface area contributed by atoms with Crippen molar-refractivity contribution in [2.75, 3.05) is 11.5 Å². The topological polar surface area (TPSA) is 173 Å². The van der Waals surface area contributed by atoms with Crippen LogP contribution in [-0.2, 0) is 31.2 Å². The molecule has 0 atom stereocenters. The molecule has 13 heteroatoms. The van der Waals surface area contributed by atoms with Crippen molar-refractivity contribution >= 4 is 31.7 Å². The van der Waals surface area contributed by atoms with Crippen LogP contribution in [0.2, 0.25) is 0 Å². The predicted molar refractivity (Wildman–Crippen MR) is 112 cm³/mol. The number of aromatic carboxylic acids is 1. The van der Waals surface area contributed by atoms with E-state index >= 15 is 0 Å². The van der Waals surface area contributed by atoms with Crippen LogP contribution in [0.3, 0.4) is 0 Å². The van der Waals surface area contributed by atoms with Crippen molar-refractivity contribution in [1.82, 2.24) is 9.78 Å². The van der Waals surface area contributed by atoms with Gasteiger partial charge in [-0.25, -0.2) is 31.2 Å². The van der Waals surface area contributed by atoms with Crippen molar-refractivity contribution < 1.29 is 36.9 Å². The van der Waals surface area contributed by atoms with Crippen LogP contribution >= 0.6 is 0 Å². The zero-order valence-corrected chi connectivity index (χ0v) is 18.6. The minimum absolute atomic E-state index is 0.0277. The number of hydrogen-bond acceptors (Lipinski definition) is 8. The van der Waals surface area contributed by atoms with Gasteiger partial charge in [0.25, 0.3) is 5.56 Å². The molecule has 0 aliphatic rings. The van der Waals surface area contributed by atoms with E-state index in [0.29, 0.717) is 0 Å². The molecule has 0 saturated carbocycles. The van der Waals surface area contributed by atoms with Crippen LogP contribution in [0.15, 0.2) is 27.2 Å². The molecule has 1 aromatic heterocycles. The number of hydrogen-bond donors (Lipinski definition) is 3. The summed E-state index contributed by atoms with van der Waals surface area (Å²) in [7, 11) is -8.34. The first-order chi connectivity index (χ1) is 14.4. The molecule has 0 amide bonds. The summed E-state index contributed by atoms with van der Waals surface area (Å²) < 4.78 is 49.6. The summed E-state index contributed by atoms with van der Waals surface area (Å²) >= 11 is 0. The Kier molecular flexibility index (Phi) is 7.26. The maximum absolute atomic E-state index is 13.0. The highest BCUT2D eigenvalue weighted by atomic mass is 32.3. The van der Waals surface area contributed by atoms with Crippen molar-refractivity contribution in [3.8, 4) is 5.69 Å². The van der Waals surface area contributed by atoms with Crippen LogP contribution in [0.25, 0.3) is 11.8 Å². The molecular formula is C18H22N2O9S2. The Morgan fingerprint density at radius 3 is 2.23 bits per heavy atom. The number of carboxylic acids is 1. The summed E-state index contributed by atoms with van der Waals surface area (Å²) in [4.78, 5) is 28.5. The number of aromatic nitrogens is 2. The van der Waals surface area contributed by atoms with Gasteiger partial charge in [-0.05, 0) is 25.1 Å². The average molecular weight is 475 g/mol. The molecule has 0 aliphatic carbocycles. The van der Waals surface area contributed by atoms with E-state index in [1.165, 1.54) is 32.9 Å². The van der Waals surface area contributed by atoms with Crippen LogP contribution < -0.4 is 5.56 Å². The van der Waals surface area contributed by atoms with Gasteiger partial charge >= 0.3 is 5.97 Å². The molecule has 2 rings (SSSR count). The van der Waals surface area contributed by atoms with Gasteiger partial charge < -0.3 is 5.11 Å². The number of sulfone groups is 2. The third-order valence-corrected chi connectivity index (χ3v) is 9.05. The van der Waals surface area contributed by atoms with Crippen LogP contribution in [0, 0.1) is 6.92 Å². The highest BCUT2D eigenvalue weighted by Gasteiger charge is 2.29. The SMILES string of the molecule is CCS(=O)(=O)C(=Cc1c(C)[nH]n(-c2cc(C(=O)O)ccc2COO)c1=O)S(=O)(=O)CC. The maximum Gasteiger partial charge on any atom is 0.335 e. The molecule has 170 valence electrons. The molecule has 0 spiro atoms. The number of aryl methyl sites for hydroxylation is 1. The Labute approximate surface area is 178 Å². The van der Waals surface area contributed by atoms with Gasteiger partial charge in [0.1, 0.15) is 6.61 Å². The molecule has 0 radical (unpaired) electrons. The van der Waals surface area contributed by atoms with Gasteiger partial charge in [-0.3, -0.25) is 15.2 Å². The molecule has 0 aliphatic heterocycles. The van der Waals surface area contributed by atoms with Crippen molar-refractivity contribution in [3.63, 3.8) is 0 Å². The third kappa shape index (κ3) is 4.95. The first-order valence-corrected chi connectivity index (χ1v) is 12.3. The van der Waals surface area contributed by atoms with Gasteiger partial charge in [0, 0.05) is 11.3 Å². The molecule has 0 fully saturated rings. The van der Waals surface area contributed by atoms with E-state index < -0.39 is 46.9 Å². The molecule has 0 bridgehead atoms. The van der Waals surface area contributed by atoms with Crippen LogP contribution in [0.1, 0.15) is 41.0 Å². The highest BCUT2D eigenvalue weighted by Crippen LogP contribution is 2.22. The van der Waals surface area contributed by atoms with Gasteiger partial charge in [0.2, 0.25) is 0 Å². The van der Waals surface area contributed by atoms with Gasteiger partial charge in [-0.1, -0.05) is 19.9 Å². The molecule has 1 aromatic carbocycles. The minimum Gasteiger partial charge on any atom is -0.478 e. The summed E-state index contributed by atoms with van der Waals surface area (Å²) in [6.07, 6.45) is 0.811. The fourth-order valence-corrected chi connectivity index (χ4v) is 6.19. The Morgan fingerprint density at radius 2 is 1.74 bits per heavy atom. The number of H-pyrrole nitrogens is 1. The number of aromatic amines is 1. The van der Waals surface area contributed by atoms with Crippen molar-refractivity contribution in [3.05, 3.63) is 55.2 Å². The number of nitrogens with zero attached hydrogens (tertiary/aromatic N) is 1. The number of benzene rings is 1. The van der Waals surface area contributed by atoms with Gasteiger partial charge in [0.05, 0.1) is 28.3 Å². The zero-order valence-electron chi connectivity index (χ0n) is 16.9. The smallest absolute Gasteiger partial charge is 0.335 e. The molecule has 1 heterocycles. The summed E-state index contributed by atoms with van der Waals surface area (Å²) in [5, 5.41) is 20.7. The largest absolute Gasteiger partial charge is 0.478 e. The second kappa shape index (κ2) is 9.18. The van der Waals surface area contributed by atoms with E-state index in [0.717, 1.165) is 16.8 Å². The maximum atomic E-state index is 13.0. The van der Waals surface area contributed by atoms with E-state index in [2.05, 4.69) is 9.99 Å². The standard InChI is InChI=1S/C18H22N2O9S2/c1-4-30(25,26)16(31(27,28)5-2)9-14-11(3)19-20(17(14)21)15-8-12(18(22)23)6-7-13(15)10-29-24/h6-9,19,24H,4-5,10H2,1-3H3,(H,22,23). The second-order valence-electron chi connectivity index (χ2n) is 6.48. The lowest BCUT2D eigenvalue weighted by Gasteiger charge is -2.09. The van der Waals surface area contributed by atoms with Crippen molar-refractivity contribution in [2.45, 2.75) is 27.4 Å². The molecule has 2 aromatic rings. The first kappa shape index (κ1) is 24.5. The van der Waals surface area contributed by atoms with Crippen LogP contribution in [0.5, 0.6) is 0 Å². The Bertz CT molecular complexity index is 1260. The zero-order chi connectivity index (χ0) is 23.6. The van der Waals surface area contributed by atoms with E-state index in [1.807, 2.05) is 0 Å². The Morgan fingerprint density at radius 1 is 1.16 bits per heavy atom. The number of carboxylic acid groups (broad SMARTS) is 1. The number of carbonyl (C=O) groups is 1. The Balaban J connectivity index is 2.84. The van der Waals surface area contributed by atoms with Crippen molar-refractivity contribution in [1.29, 1.82) is 0 Å². The monoisotopic (exact) mass is 474 g/mol. The van der Waals surface area contributed by atoms with E-state index in [-0.39, 0.29) is 34.7 Å². The fraction of sp³-hybridized carbons (Fsp3) is 0.333. The number of nitrogens with one attached hydrogen (secondary N) is 1. The van der Waals surface area contributed by atoms with Crippen molar-refractivity contribution in [2.24, 2.45) is 0 Å². The van der Waals surface area contributed by atoms with E-state index in [4.69, 9.17) is 5.26 Å². The van der Waals surface area contributed by atoms with Gasteiger partial charge in [0.15, 0.2) is 23.9 Å². The molecule has 31 heavy (non-hydrogen) atoms. The second-order valence-corrected chi connectivity index (χ2v) is 11.2. The third-order valence-electron chi connectivity index (χ3n) is 4.55. The van der Waals surface area contributed by atoms with Gasteiger partial charge in [-0.15, -0.1) is 0 Å². The van der Waals surface area contributed by atoms with E-state index in [9.17, 15) is 31.5 Å². The summed E-state index contributed by atoms with van der Waals surface area (Å²) in [5.41, 5.74) is -0.767. The fourth-order valence-electron chi connectivity index (χ4n) is 2.77. The lowest BCUT2D eigenvalue weighted by molar-refractivity contribution is -0.252. The predicted octanol–water partition coefficient (Wildman–Crippen LogP) is 1.33. The molecule has 3 N–H and O–H groups in total. The first-order valence-electron chi connectivity index (χ1n) is 9.01. The van der Waals surface area contributed by atoms with Gasteiger partial charge in [-0.2, -0.15) is 0 Å². The molecule has 0 saturated heterocycles. The van der Waals surface area contributed by atoms with E-state index in [1.54, 1.807) is 0 Å². The normalized spacial score (nSPS) is 12.0. The summed E-state index contributed by atoms with van der Waals surface area (Å²) in [5.74, 6) is -2.22. The minimum atomic E-state index is -4.17.